The van der Waals surface area contributed by atoms with Gasteiger partial charge in [-0.3, -0.25) is 9.69 Å². The molecule has 6 N–H and O–H groups in total. The third kappa shape index (κ3) is 6.76. The number of hydrogen-bond acceptors (Lipinski definition) is 7. The Hall–Kier alpha value is -3.90. The standard InChI is InChI=1S/C26H36ClFN10O/c1-4-7-23(22(28)14-27)38(31)25(34-30)21-13-18(15-32-24(21)29)19-16-33-37(17-19)20-8-11-36(12-9-20)26(39)35(6-3)10-5-2/h4,7,13-17,20H,1,5-6,8-12,30-31H2,2-3H3,(H2,29,32)/b22-14-,23-7+,34-25-. The van der Waals surface area contributed by atoms with Crippen molar-refractivity contribution in [2.45, 2.75) is 39.2 Å². The minimum absolute atomic E-state index is 0.0303. The van der Waals surface area contributed by atoms with E-state index in [-0.39, 0.29) is 29.4 Å². The van der Waals surface area contributed by atoms with Gasteiger partial charge in [0.1, 0.15) is 5.82 Å². The number of hydrogen-bond donors (Lipinski definition) is 3. The van der Waals surface area contributed by atoms with Crippen molar-refractivity contribution in [3.63, 3.8) is 0 Å². The maximum Gasteiger partial charge on any atom is 0.319 e. The number of amidine groups is 1. The van der Waals surface area contributed by atoms with Gasteiger partial charge in [-0.1, -0.05) is 31.2 Å². The van der Waals surface area contributed by atoms with E-state index in [0.717, 1.165) is 41.9 Å². The fourth-order valence-corrected chi connectivity index (χ4v) is 4.61. The van der Waals surface area contributed by atoms with Gasteiger partial charge in [0, 0.05) is 55.2 Å². The fraction of sp³-hybridized carbons (Fsp3) is 0.385. The minimum atomic E-state index is -0.815. The number of halogens is 2. The van der Waals surface area contributed by atoms with Gasteiger partial charge in [-0.05, 0) is 38.3 Å². The number of anilines is 1. The quantitative estimate of drug-likeness (QED) is 0.139. The molecule has 39 heavy (non-hydrogen) atoms. The summed E-state index contributed by atoms with van der Waals surface area (Å²) in [5, 5.41) is 9.22. The molecule has 0 atom stereocenters. The van der Waals surface area contributed by atoms with Crippen LogP contribution in [-0.2, 0) is 0 Å². The van der Waals surface area contributed by atoms with E-state index in [1.54, 1.807) is 18.5 Å². The molecule has 11 nitrogen and oxygen atoms in total. The maximum atomic E-state index is 14.3. The summed E-state index contributed by atoms with van der Waals surface area (Å²) in [6.07, 6.45) is 10.4. The summed E-state index contributed by atoms with van der Waals surface area (Å²) in [5.74, 6) is 11.0. The lowest BCUT2D eigenvalue weighted by Crippen LogP contribution is -2.47. The predicted molar refractivity (Wildman–Crippen MR) is 153 cm³/mol. The number of allylic oxidation sites excluding steroid dienone is 3. The van der Waals surface area contributed by atoms with Crippen LogP contribution < -0.4 is 17.4 Å². The Morgan fingerprint density at radius 3 is 2.62 bits per heavy atom. The van der Waals surface area contributed by atoms with Crippen molar-refractivity contribution in [3.05, 3.63) is 66.0 Å². The van der Waals surface area contributed by atoms with Crippen LogP contribution in [0.3, 0.4) is 0 Å². The zero-order valence-corrected chi connectivity index (χ0v) is 23.1. The molecule has 0 aromatic carbocycles. The van der Waals surface area contributed by atoms with Crippen LogP contribution in [0.25, 0.3) is 11.1 Å². The molecule has 2 aromatic heterocycles. The molecule has 3 rings (SSSR count). The Balaban J connectivity index is 1.79. The van der Waals surface area contributed by atoms with Crippen LogP contribution in [0.15, 0.2) is 65.5 Å². The molecule has 1 fully saturated rings. The lowest BCUT2D eigenvalue weighted by molar-refractivity contribution is 0.133. The van der Waals surface area contributed by atoms with Gasteiger partial charge in [0.15, 0.2) is 11.7 Å². The van der Waals surface area contributed by atoms with E-state index in [2.05, 4.69) is 28.7 Å². The average Bonchev–Trinajstić information content (AvgIpc) is 3.45. The number of hydrazine groups is 1. The second-order valence-corrected chi connectivity index (χ2v) is 9.23. The maximum absolute atomic E-state index is 14.3. The molecule has 0 aliphatic carbocycles. The Labute approximate surface area is 233 Å². The van der Waals surface area contributed by atoms with Gasteiger partial charge in [0.2, 0.25) is 0 Å². The van der Waals surface area contributed by atoms with Gasteiger partial charge in [-0.2, -0.15) is 10.2 Å². The smallest absolute Gasteiger partial charge is 0.319 e. The van der Waals surface area contributed by atoms with Crippen LogP contribution in [0.2, 0.25) is 0 Å². The number of amides is 2. The average molecular weight is 559 g/mol. The van der Waals surface area contributed by atoms with Gasteiger partial charge in [-0.15, -0.1) is 0 Å². The van der Waals surface area contributed by atoms with Crippen LogP contribution in [0, 0.1) is 0 Å². The highest BCUT2D eigenvalue weighted by molar-refractivity contribution is 6.25. The monoisotopic (exact) mass is 558 g/mol. The van der Waals surface area contributed by atoms with E-state index in [1.165, 1.54) is 12.2 Å². The molecule has 0 bridgehead atoms. The van der Waals surface area contributed by atoms with Gasteiger partial charge < -0.3 is 21.4 Å². The number of hydrazone groups is 1. The van der Waals surface area contributed by atoms with Crippen LogP contribution in [0.5, 0.6) is 0 Å². The summed E-state index contributed by atoms with van der Waals surface area (Å²) in [4.78, 5) is 20.9. The predicted octanol–water partition coefficient (Wildman–Crippen LogP) is 3.93. The first-order chi connectivity index (χ1) is 18.8. The first-order valence-corrected chi connectivity index (χ1v) is 13.2. The molecular formula is C26H36ClFN10O. The summed E-state index contributed by atoms with van der Waals surface area (Å²) in [5.41, 5.74) is 8.50. The second-order valence-electron chi connectivity index (χ2n) is 9.01. The zero-order chi connectivity index (χ0) is 28.5. The number of aromatic nitrogens is 3. The van der Waals surface area contributed by atoms with Gasteiger partial charge in [0.25, 0.3) is 0 Å². The molecular weight excluding hydrogens is 523 g/mol. The van der Waals surface area contributed by atoms with E-state index in [1.807, 2.05) is 27.6 Å². The van der Waals surface area contributed by atoms with E-state index < -0.39 is 5.83 Å². The van der Waals surface area contributed by atoms with Crippen LogP contribution in [0.1, 0.15) is 44.7 Å². The lowest BCUT2D eigenvalue weighted by atomic mass is 10.1. The number of nitrogens with zero attached hydrogens (tertiary/aromatic N) is 7. The normalized spacial score (nSPS) is 15.4. The Morgan fingerprint density at radius 2 is 2.03 bits per heavy atom. The van der Waals surface area contributed by atoms with Crippen molar-refractivity contribution in [1.82, 2.24) is 29.6 Å². The molecule has 0 saturated carbocycles. The Kier molecular flexibility index (Phi) is 10.5. The van der Waals surface area contributed by atoms with Crippen molar-refractivity contribution in [2.75, 3.05) is 31.9 Å². The van der Waals surface area contributed by atoms with Crippen LogP contribution in [-0.4, -0.2) is 67.6 Å². The summed E-state index contributed by atoms with van der Waals surface area (Å²) >= 11 is 5.55. The van der Waals surface area contributed by atoms with Crippen molar-refractivity contribution < 1.29 is 9.18 Å². The molecule has 1 aliphatic heterocycles. The SMILES string of the molecule is C=C/C=C(\C(F)=C\Cl)N(N)/C(=N\N)c1cc(-c2cnn(C3CCN(C(=O)N(CC)CCC)CC3)c2)cnc1N. The second kappa shape index (κ2) is 13.8. The van der Waals surface area contributed by atoms with Gasteiger partial charge >= 0.3 is 6.03 Å². The molecule has 210 valence electrons. The number of carbonyl (C=O) groups excluding carboxylic acids is 1. The van der Waals surface area contributed by atoms with Gasteiger partial charge in [-0.25, -0.2) is 20.0 Å². The molecule has 1 aliphatic rings. The molecule has 1 saturated heterocycles. The minimum Gasteiger partial charge on any atom is -0.383 e. The van der Waals surface area contributed by atoms with E-state index >= 15 is 0 Å². The number of carbonyl (C=O) groups is 1. The van der Waals surface area contributed by atoms with Crippen LogP contribution >= 0.6 is 11.6 Å². The highest BCUT2D eigenvalue weighted by atomic mass is 35.5. The molecule has 0 unspecified atom stereocenters. The molecule has 0 spiro atoms. The third-order valence-electron chi connectivity index (χ3n) is 6.58. The number of nitrogens with two attached hydrogens (primary N) is 3. The van der Waals surface area contributed by atoms with Crippen molar-refractivity contribution in [1.29, 1.82) is 0 Å². The fourth-order valence-electron chi connectivity index (χ4n) is 4.50. The van der Waals surface area contributed by atoms with E-state index in [4.69, 9.17) is 29.0 Å². The zero-order valence-electron chi connectivity index (χ0n) is 22.3. The summed E-state index contributed by atoms with van der Waals surface area (Å²) < 4.78 is 16.3. The first kappa shape index (κ1) is 29.7. The highest BCUT2D eigenvalue weighted by Crippen LogP contribution is 2.28. The topological polar surface area (TPSA) is 148 Å². The third-order valence-corrected chi connectivity index (χ3v) is 6.77. The molecule has 13 heteroatoms. The summed E-state index contributed by atoms with van der Waals surface area (Å²) in [6.45, 7) is 10.4. The summed E-state index contributed by atoms with van der Waals surface area (Å²) in [6, 6.07) is 1.96. The van der Waals surface area contributed by atoms with E-state index in [9.17, 15) is 9.18 Å². The number of pyridine rings is 1. The van der Waals surface area contributed by atoms with Gasteiger partial charge in [0.05, 0.1) is 23.5 Å². The number of likely N-dealkylation sites (tertiary alicyclic amines) is 1. The first-order valence-electron chi connectivity index (χ1n) is 12.7. The molecule has 3 heterocycles. The lowest BCUT2D eigenvalue weighted by Gasteiger charge is -2.35. The summed E-state index contributed by atoms with van der Waals surface area (Å²) in [7, 11) is 0. The Morgan fingerprint density at radius 1 is 1.31 bits per heavy atom. The number of piperidine rings is 1. The largest absolute Gasteiger partial charge is 0.383 e. The number of rotatable bonds is 9. The Bertz CT molecular complexity index is 1250. The molecule has 2 amide bonds. The van der Waals surface area contributed by atoms with Crippen molar-refractivity contribution >= 4 is 29.3 Å². The van der Waals surface area contributed by atoms with Crippen LogP contribution in [0.4, 0.5) is 15.0 Å². The van der Waals surface area contributed by atoms with Crippen molar-refractivity contribution in [3.8, 4) is 11.1 Å². The van der Waals surface area contributed by atoms with Crippen molar-refractivity contribution in [2.24, 2.45) is 16.8 Å². The number of nitrogen functional groups attached to an aromatic ring is 1. The molecule has 0 radical (unpaired) electrons. The number of urea groups is 1. The highest BCUT2D eigenvalue weighted by Gasteiger charge is 2.27. The molecule has 2 aromatic rings. The van der Waals surface area contributed by atoms with E-state index in [0.29, 0.717) is 30.8 Å².